The summed E-state index contributed by atoms with van der Waals surface area (Å²) in [4.78, 5) is 11.5. The van der Waals surface area contributed by atoms with Gasteiger partial charge in [0.05, 0.1) is 0 Å². The first-order valence-corrected chi connectivity index (χ1v) is 7.76. The standard InChI is InChI=1S/C14H25BrO/c1-14(2)9-8-13(16)11-12(14)7-5-3-4-6-10-15/h12H,3-11H2,1-2H3. The van der Waals surface area contributed by atoms with Gasteiger partial charge in [-0.2, -0.15) is 0 Å². The average molecular weight is 289 g/mol. The lowest BCUT2D eigenvalue weighted by Crippen LogP contribution is -2.32. The molecule has 1 aliphatic carbocycles. The summed E-state index contributed by atoms with van der Waals surface area (Å²) in [5.74, 6) is 1.13. The van der Waals surface area contributed by atoms with E-state index in [1.807, 2.05) is 0 Å². The highest BCUT2D eigenvalue weighted by Crippen LogP contribution is 2.41. The molecule has 16 heavy (non-hydrogen) atoms. The molecule has 0 N–H and O–H groups in total. The van der Waals surface area contributed by atoms with Crippen LogP contribution < -0.4 is 0 Å². The Morgan fingerprint density at radius 2 is 1.94 bits per heavy atom. The van der Waals surface area contributed by atoms with Crippen LogP contribution in [0.25, 0.3) is 0 Å². The van der Waals surface area contributed by atoms with Crippen molar-refractivity contribution in [1.82, 2.24) is 0 Å². The van der Waals surface area contributed by atoms with Gasteiger partial charge in [-0.15, -0.1) is 0 Å². The fourth-order valence-electron chi connectivity index (χ4n) is 2.65. The largest absolute Gasteiger partial charge is 0.300 e. The van der Waals surface area contributed by atoms with Crippen molar-refractivity contribution < 1.29 is 4.79 Å². The zero-order valence-electron chi connectivity index (χ0n) is 10.7. The maximum Gasteiger partial charge on any atom is 0.133 e. The summed E-state index contributed by atoms with van der Waals surface area (Å²) < 4.78 is 0. The van der Waals surface area contributed by atoms with Crippen molar-refractivity contribution >= 4 is 21.7 Å². The SMILES string of the molecule is CC1(C)CCC(=O)CC1CCCCCCBr. The van der Waals surface area contributed by atoms with Gasteiger partial charge in [-0.05, 0) is 30.6 Å². The third-order valence-corrected chi connectivity index (χ3v) is 4.62. The molecule has 0 aromatic heterocycles. The van der Waals surface area contributed by atoms with Crippen LogP contribution in [-0.4, -0.2) is 11.1 Å². The van der Waals surface area contributed by atoms with E-state index in [2.05, 4.69) is 29.8 Å². The monoisotopic (exact) mass is 288 g/mol. The molecular weight excluding hydrogens is 264 g/mol. The zero-order chi connectivity index (χ0) is 12.0. The first-order chi connectivity index (χ1) is 7.56. The van der Waals surface area contributed by atoms with E-state index >= 15 is 0 Å². The molecule has 94 valence electrons. The molecule has 0 aromatic carbocycles. The predicted molar refractivity (Wildman–Crippen MR) is 73.0 cm³/mol. The third kappa shape index (κ3) is 4.57. The highest BCUT2D eigenvalue weighted by atomic mass is 79.9. The number of rotatable bonds is 6. The van der Waals surface area contributed by atoms with E-state index in [1.54, 1.807) is 0 Å². The maximum absolute atomic E-state index is 11.5. The van der Waals surface area contributed by atoms with E-state index in [1.165, 1.54) is 32.1 Å². The van der Waals surface area contributed by atoms with E-state index in [9.17, 15) is 4.79 Å². The highest BCUT2D eigenvalue weighted by Gasteiger charge is 2.34. The van der Waals surface area contributed by atoms with Crippen molar-refractivity contribution in [3.63, 3.8) is 0 Å². The summed E-state index contributed by atoms with van der Waals surface area (Å²) in [6.07, 6.45) is 9.23. The normalized spacial score (nSPS) is 24.7. The Morgan fingerprint density at radius 3 is 2.62 bits per heavy atom. The molecule has 0 spiro atoms. The van der Waals surface area contributed by atoms with Gasteiger partial charge in [0.15, 0.2) is 0 Å². The fourth-order valence-corrected chi connectivity index (χ4v) is 3.05. The van der Waals surface area contributed by atoms with Gasteiger partial charge >= 0.3 is 0 Å². The number of ketones is 1. The van der Waals surface area contributed by atoms with Crippen molar-refractivity contribution in [2.24, 2.45) is 11.3 Å². The summed E-state index contributed by atoms with van der Waals surface area (Å²) in [7, 11) is 0. The Kier molecular flexibility index (Phi) is 6.02. The number of unbranched alkanes of at least 4 members (excludes halogenated alkanes) is 3. The molecule has 1 saturated carbocycles. The molecule has 1 aliphatic rings. The lowest BCUT2D eigenvalue weighted by molar-refractivity contribution is -0.124. The van der Waals surface area contributed by atoms with Gasteiger partial charge in [-0.25, -0.2) is 0 Å². The number of carbonyl (C=O) groups is 1. The van der Waals surface area contributed by atoms with Crippen molar-refractivity contribution in [2.75, 3.05) is 5.33 Å². The van der Waals surface area contributed by atoms with Crippen molar-refractivity contribution in [2.45, 2.75) is 65.2 Å². The molecular formula is C14H25BrO. The van der Waals surface area contributed by atoms with Crippen LogP contribution >= 0.6 is 15.9 Å². The van der Waals surface area contributed by atoms with Crippen LogP contribution in [0.4, 0.5) is 0 Å². The van der Waals surface area contributed by atoms with Crippen LogP contribution in [0.15, 0.2) is 0 Å². The van der Waals surface area contributed by atoms with Crippen molar-refractivity contribution in [1.29, 1.82) is 0 Å². The molecule has 1 atom stereocenters. The van der Waals surface area contributed by atoms with E-state index in [0.717, 1.165) is 24.6 Å². The Bertz CT molecular complexity index is 223. The molecule has 1 fully saturated rings. The minimum Gasteiger partial charge on any atom is -0.300 e. The molecule has 0 saturated heterocycles. The topological polar surface area (TPSA) is 17.1 Å². The van der Waals surface area contributed by atoms with Gasteiger partial charge in [0.25, 0.3) is 0 Å². The molecule has 2 heteroatoms. The van der Waals surface area contributed by atoms with Crippen molar-refractivity contribution in [3.8, 4) is 0 Å². The highest BCUT2D eigenvalue weighted by molar-refractivity contribution is 9.09. The van der Waals surface area contributed by atoms with Crippen LogP contribution in [-0.2, 0) is 4.79 Å². The van der Waals surface area contributed by atoms with Gasteiger partial charge in [0.1, 0.15) is 5.78 Å². The first kappa shape index (κ1) is 14.2. The smallest absolute Gasteiger partial charge is 0.133 e. The molecule has 1 rings (SSSR count). The Balaban J connectivity index is 2.25. The Hall–Kier alpha value is 0.150. The fraction of sp³-hybridized carbons (Fsp3) is 0.929. The van der Waals surface area contributed by atoms with Crippen LogP contribution in [0.3, 0.4) is 0 Å². The maximum atomic E-state index is 11.5. The van der Waals surface area contributed by atoms with Crippen LogP contribution in [0.2, 0.25) is 0 Å². The van der Waals surface area contributed by atoms with Gasteiger partial charge in [-0.1, -0.05) is 49.0 Å². The molecule has 1 unspecified atom stereocenters. The quantitative estimate of drug-likeness (QED) is 0.510. The molecule has 0 heterocycles. The second-order valence-electron chi connectivity index (χ2n) is 5.82. The molecule has 1 nitrogen and oxygen atoms in total. The number of Topliss-reactive ketones (excluding diaryl/α,β-unsaturated/α-hetero) is 1. The van der Waals surface area contributed by atoms with Crippen LogP contribution in [0.1, 0.15) is 65.2 Å². The number of alkyl halides is 1. The van der Waals surface area contributed by atoms with Gasteiger partial charge in [0, 0.05) is 18.2 Å². The molecule has 0 aromatic rings. The molecule has 0 radical (unpaired) electrons. The minimum atomic E-state index is 0.392. The molecule has 0 bridgehead atoms. The van der Waals surface area contributed by atoms with Crippen LogP contribution in [0, 0.1) is 11.3 Å². The average Bonchev–Trinajstić information content (AvgIpc) is 2.23. The van der Waals surface area contributed by atoms with E-state index in [-0.39, 0.29) is 0 Å². The second kappa shape index (κ2) is 6.78. The van der Waals surface area contributed by atoms with Gasteiger partial charge in [0.2, 0.25) is 0 Å². The minimum absolute atomic E-state index is 0.392. The summed E-state index contributed by atoms with van der Waals surface area (Å²) in [6, 6.07) is 0. The lowest BCUT2D eigenvalue weighted by atomic mass is 9.67. The summed E-state index contributed by atoms with van der Waals surface area (Å²) in [6.45, 7) is 4.67. The van der Waals surface area contributed by atoms with E-state index in [0.29, 0.717) is 17.1 Å². The molecule has 0 aliphatic heterocycles. The predicted octanol–water partition coefficient (Wildman–Crippen LogP) is 4.73. The molecule has 0 amide bonds. The van der Waals surface area contributed by atoms with Gasteiger partial charge in [-0.3, -0.25) is 4.79 Å². The van der Waals surface area contributed by atoms with Gasteiger partial charge < -0.3 is 0 Å². The first-order valence-electron chi connectivity index (χ1n) is 6.64. The number of hydrogen-bond acceptors (Lipinski definition) is 1. The third-order valence-electron chi connectivity index (χ3n) is 4.06. The number of carbonyl (C=O) groups excluding carboxylic acids is 1. The lowest BCUT2D eigenvalue weighted by Gasteiger charge is -2.38. The second-order valence-corrected chi connectivity index (χ2v) is 6.61. The summed E-state index contributed by atoms with van der Waals surface area (Å²) >= 11 is 3.46. The Morgan fingerprint density at radius 1 is 1.25 bits per heavy atom. The number of halogens is 1. The van der Waals surface area contributed by atoms with E-state index in [4.69, 9.17) is 0 Å². The van der Waals surface area contributed by atoms with E-state index < -0.39 is 0 Å². The summed E-state index contributed by atoms with van der Waals surface area (Å²) in [5.41, 5.74) is 0.392. The Labute approximate surface area is 109 Å². The van der Waals surface area contributed by atoms with Crippen LogP contribution in [0.5, 0.6) is 0 Å². The number of hydrogen-bond donors (Lipinski definition) is 0. The van der Waals surface area contributed by atoms with Crippen molar-refractivity contribution in [3.05, 3.63) is 0 Å². The zero-order valence-corrected chi connectivity index (χ0v) is 12.3. The summed E-state index contributed by atoms with van der Waals surface area (Å²) in [5, 5.41) is 1.13.